The summed E-state index contributed by atoms with van der Waals surface area (Å²) in [5.41, 5.74) is 2.95. The Labute approximate surface area is 155 Å². The van der Waals surface area contributed by atoms with E-state index >= 15 is 0 Å². The third kappa shape index (κ3) is 3.02. The van der Waals surface area contributed by atoms with E-state index in [1.807, 2.05) is 42.5 Å². The Morgan fingerprint density at radius 3 is 2.26 bits per heavy atom. The van der Waals surface area contributed by atoms with Crippen molar-refractivity contribution < 1.29 is 19.8 Å². The first-order chi connectivity index (χ1) is 13.0. The minimum Gasteiger partial charge on any atom is -0.478 e. The highest BCUT2D eigenvalue weighted by molar-refractivity contribution is 6.11. The monoisotopic (exact) mass is 360 g/mol. The second-order valence-corrected chi connectivity index (χ2v) is 6.19. The summed E-state index contributed by atoms with van der Waals surface area (Å²) in [6.07, 6.45) is -1.22. The molecule has 134 valence electrons. The summed E-state index contributed by atoms with van der Waals surface area (Å²) in [4.78, 5) is 25.1. The Morgan fingerprint density at radius 1 is 0.926 bits per heavy atom. The Bertz CT molecular complexity index is 1020. The maximum atomic E-state index is 12.7. The van der Waals surface area contributed by atoms with Crippen LogP contribution in [0.4, 0.5) is 17.1 Å². The molecule has 1 aliphatic heterocycles. The maximum Gasteiger partial charge on any atom is 0.335 e. The molecular formula is C21H16N2O4. The summed E-state index contributed by atoms with van der Waals surface area (Å²) >= 11 is 0. The van der Waals surface area contributed by atoms with Crippen LogP contribution in [0.5, 0.6) is 0 Å². The molecule has 0 aromatic heterocycles. The third-order valence-electron chi connectivity index (χ3n) is 4.48. The lowest BCUT2D eigenvalue weighted by molar-refractivity contribution is 0.0696. The molecule has 0 spiro atoms. The number of benzene rings is 3. The van der Waals surface area contributed by atoms with Gasteiger partial charge >= 0.3 is 5.97 Å². The van der Waals surface area contributed by atoms with E-state index in [4.69, 9.17) is 5.11 Å². The lowest BCUT2D eigenvalue weighted by Gasteiger charge is -2.21. The van der Waals surface area contributed by atoms with E-state index in [2.05, 4.69) is 5.32 Å². The van der Waals surface area contributed by atoms with Gasteiger partial charge in [0.1, 0.15) is 0 Å². The highest BCUT2D eigenvalue weighted by atomic mass is 16.4. The van der Waals surface area contributed by atoms with Crippen LogP contribution in [0.2, 0.25) is 0 Å². The van der Waals surface area contributed by atoms with Crippen LogP contribution in [-0.2, 0) is 0 Å². The Morgan fingerprint density at radius 2 is 1.59 bits per heavy atom. The molecule has 1 amide bonds. The van der Waals surface area contributed by atoms with Gasteiger partial charge in [-0.25, -0.2) is 4.79 Å². The molecule has 3 aromatic carbocycles. The minimum absolute atomic E-state index is 0.0323. The normalized spacial score (nSPS) is 15.5. The summed E-state index contributed by atoms with van der Waals surface area (Å²) in [6.45, 7) is 0. The number of anilines is 3. The van der Waals surface area contributed by atoms with E-state index in [-0.39, 0.29) is 11.5 Å². The van der Waals surface area contributed by atoms with Crippen molar-refractivity contribution in [3.63, 3.8) is 0 Å². The zero-order valence-corrected chi connectivity index (χ0v) is 14.2. The van der Waals surface area contributed by atoms with Crippen molar-refractivity contribution in [2.45, 2.75) is 6.23 Å². The molecule has 0 radical (unpaired) electrons. The molecule has 4 rings (SSSR count). The van der Waals surface area contributed by atoms with Crippen LogP contribution < -0.4 is 10.2 Å². The summed E-state index contributed by atoms with van der Waals surface area (Å²) in [7, 11) is 0. The quantitative estimate of drug-likeness (QED) is 0.659. The largest absolute Gasteiger partial charge is 0.478 e. The second-order valence-electron chi connectivity index (χ2n) is 6.19. The molecule has 1 aliphatic rings. The number of aromatic carboxylic acids is 1. The lowest BCUT2D eigenvalue weighted by Crippen LogP contribution is -2.27. The van der Waals surface area contributed by atoms with Crippen molar-refractivity contribution in [1.82, 2.24) is 0 Å². The van der Waals surface area contributed by atoms with E-state index in [1.54, 1.807) is 12.1 Å². The number of amides is 1. The molecule has 0 saturated carbocycles. The van der Waals surface area contributed by atoms with E-state index < -0.39 is 12.2 Å². The molecule has 3 N–H and O–H groups in total. The van der Waals surface area contributed by atoms with Gasteiger partial charge in [0.25, 0.3) is 5.91 Å². The van der Waals surface area contributed by atoms with Gasteiger partial charge in [-0.2, -0.15) is 0 Å². The Hall–Kier alpha value is -3.64. The van der Waals surface area contributed by atoms with Crippen LogP contribution in [0.25, 0.3) is 0 Å². The molecule has 27 heavy (non-hydrogen) atoms. The standard InChI is InChI=1S/C21H16N2O4/c24-19-17-11-6-13(21(26)27)12-18(17)20(25)23(19)16-9-7-15(8-10-16)22-14-4-2-1-3-5-14/h1-12,20,22,25H,(H,26,27). The fourth-order valence-corrected chi connectivity index (χ4v) is 3.14. The number of para-hydroxylation sites is 1. The zero-order chi connectivity index (χ0) is 19.0. The molecule has 1 unspecified atom stereocenters. The zero-order valence-electron chi connectivity index (χ0n) is 14.2. The average molecular weight is 360 g/mol. The fraction of sp³-hybridized carbons (Fsp3) is 0.0476. The first kappa shape index (κ1) is 16.8. The number of fused-ring (bicyclic) bond motifs is 1. The minimum atomic E-state index is -1.22. The molecule has 1 atom stereocenters. The van der Waals surface area contributed by atoms with Gasteiger partial charge in [-0.3, -0.25) is 9.69 Å². The van der Waals surface area contributed by atoms with Crippen molar-refractivity contribution in [1.29, 1.82) is 0 Å². The predicted molar refractivity (Wildman–Crippen MR) is 101 cm³/mol. The van der Waals surface area contributed by atoms with Gasteiger partial charge in [0, 0.05) is 28.2 Å². The van der Waals surface area contributed by atoms with Gasteiger partial charge in [0.15, 0.2) is 6.23 Å². The smallest absolute Gasteiger partial charge is 0.335 e. The van der Waals surface area contributed by atoms with E-state index in [0.717, 1.165) is 11.4 Å². The molecule has 6 nitrogen and oxygen atoms in total. The van der Waals surface area contributed by atoms with Gasteiger partial charge < -0.3 is 15.5 Å². The van der Waals surface area contributed by atoms with Gasteiger partial charge in [0.2, 0.25) is 0 Å². The van der Waals surface area contributed by atoms with Crippen LogP contribution >= 0.6 is 0 Å². The number of carbonyl (C=O) groups excluding carboxylic acids is 1. The van der Waals surface area contributed by atoms with Gasteiger partial charge in [-0.15, -0.1) is 0 Å². The Balaban J connectivity index is 1.60. The van der Waals surface area contributed by atoms with Crippen LogP contribution in [-0.4, -0.2) is 22.1 Å². The Kier molecular flexibility index (Phi) is 4.10. The topological polar surface area (TPSA) is 89.9 Å². The number of rotatable bonds is 4. The summed E-state index contributed by atoms with van der Waals surface area (Å²) in [5, 5.41) is 22.9. The summed E-state index contributed by atoms with van der Waals surface area (Å²) < 4.78 is 0. The van der Waals surface area contributed by atoms with Crippen molar-refractivity contribution in [3.05, 3.63) is 89.5 Å². The molecule has 6 heteroatoms. The van der Waals surface area contributed by atoms with E-state index in [1.165, 1.54) is 23.1 Å². The molecule has 3 aromatic rings. The van der Waals surface area contributed by atoms with Crippen LogP contribution in [0.3, 0.4) is 0 Å². The molecular weight excluding hydrogens is 344 g/mol. The highest BCUT2D eigenvalue weighted by Crippen LogP contribution is 2.36. The maximum absolute atomic E-state index is 12.7. The summed E-state index contributed by atoms with van der Waals surface area (Å²) in [6, 6.07) is 20.9. The van der Waals surface area contributed by atoms with Gasteiger partial charge in [-0.05, 0) is 54.6 Å². The van der Waals surface area contributed by atoms with E-state index in [0.29, 0.717) is 16.8 Å². The lowest BCUT2D eigenvalue weighted by atomic mass is 10.1. The first-order valence-electron chi connectivity index (χ1n) is 8.35. The van der Waals surface area contributed by atoms with Gasteiger partial charge in [0.05, 0.1) is 5.56 Å². The number of carboxylic acids is 1. The molecule has 0 fully saturated rings. The van der Waals surface area contributed by atoms with Gasteiger partial charge in [-0.1, -0.05) is 18.2 Å². The molecule has 0 aliphatic carbocycles. The number of carboxylic acid groups (broad SMARTS) is 1. The SMILES string of the molecule is O=C(O)c1ccc2c(c1)C(O)N(c1ccc(Nc3ccccc3)cc1)C2=O. The first-order valence-corrected chi connectivity index (χ1v) is 8.35. The number of aliphatic hydroxyl groups excluding tert-OH is 1. The van der Waals surface area contributed by atoms with Crippen molar-refractivity contribution >= 4 is 28.9 Å². The number of nitrogens with zero attached hydrogens (tertiary/aromatic N) is 1. The number of hydrogen-bond donors (Lipinski definition) is 3. The fourth-order valence-electron chi connectivity index (χ4n) is 3.14. The number of carbonyl (C=O) groups is 2. The number of nitrogens with one attached hydrogen (secondary N) is 1. The third-order valence-corrected chi connectivity index (χ3v) is 4.48. The second kappa shape index (κ2) is 6.59. The van der Waals surface area contributed by atoms with Crippen LogP contribution in [0.15, 0.2) is 72.8 Å². The number of aliphatic hydroxyl groups is 1. The molecule has 0 saturated heterocycles. The van der Waals surface area contributed by atoms with Crippen molar-refractivity contribution in [2.24, 2.45) is 0 Å². The summed E-state index contributed by atoms with van der Waals surface area (Å²) in [5.74, 6) is -1.47. The molecule has 0 bridgehead atoms. The van der Waals surface area contributed by atoms with Crippen molar-refractivity contribution in [3.8, 4) is 0 Å². The highest BCUT2D eigenvalue weighted by Gasteiger charge is 2.37. The molecule has 1 heterocycles. The van der Waals surface area contributed by atoms with Crippen LogP contribution in [0, 0.1) is 0 Å². The van der Waals surface area contributed by atoms with E-state index in [9.17, 15) is 14.7 Å². The van der Waals surface area contributed by atoms with Crippen LogP contribution in [0.1, 0.15) is 32.5 Å². The predicted octanol–water partition coefficient (Wildman–Crippen LogP) is 3.78. The van der Waals surface area contributed by atoms with Crippen molar-refractivity contribution in [2.75, 3.05) is 10.2 Å². The number of hydrogen-bond acceptors (Lipinski definition) is 4. The average Bonchev–Trinajstić information content (AvgIpc) is 2.93.